The van der Waals surface area contributed by atoms with Crippen molar-refractivity contribution in [2.75, 3.05) is 7.11 Å². The third-order valence-corrected chi connectivity index (χ3v) is 2.15. The van der Waals surface area contributed by atoms with E-state index in [1.165, 1.54) is 13.3 Å². The van der Waals surface area contributed by atoms with Crippen molar-refractivity contribution in [2.45, 2.75) is 0 Å². The molecule has 0 fully saturated rings. The van der Waals surface area contributed by atoms with E-state index < -0.39 is 11.5 Å². The van der Waals surface area contributed by atoms with Crippen LogP contribution in [0.5, 0.6) is 5.75 Å². The highest BCUT2D eigenvalue weighted by molar-refractivity contribution is 5.96. The Morgan fingerprint density at radius 3 is 2.94 bits per heavy atom. The smallest absolute Gasteiger partial charge is 0.356 e. The van der Waals surface area contributed by atoms with Gasteiger partial charge in [0.2, 0.25) is 0 Å². The molecule has 0 amide bonds. The summed E-state index contributed by atoms with van der Waals surface area (Å²) in [6.45, 7) is 0. The van der Waals surface area contributed by atoms with Gasteiger partial charge in [0, 0.05) is 6.20 Å². The molecule has 0 aliphatic carbocycles. The zero-order valence-corrected chi connectivity index (χ0v) is 8.35. The molecule has 0 aliphatic rings. The molecule has 2 aromatic heterocycles. The Hall–Kier alpha value is -2.37. The fraction of sp³-hybridized carbons (Fsp3) is 0.100. The van der Waals surface area contributed by atoms with Gasteiger partial charge < -0.3 is 14.8 Å². The van der Waals surface area contributed by atoms with E-state index in [-0.39, 0.29) is 17.0 Å². The number of fused-ring (bicyclic) bond motifs is 1. The van der Waals surface area contributed by atoms with Crippen molar-refractivity contribution < 1.29 is 14.6 Å². The van der Waals surface area contributed by atoms with Crippen LogP contribution in [0.15, 0.2) is 23.1 Å². The number of aromatic nitrogens is 2. The summed E-state index contributed by atoms with van der Waals surface area (Å²) in [5.74, 6) is -1.20. The van der Waals surface area contributed by atoms with E-state index in [0.29, 0.717) is 5.39 Å². The van der Waals surface area contributed by atoms with Crippen molar-refractivity contribution in [1.29, 1.82) is 0 Å². The lowest BCUT2D eigenvalue weighted by Crippen LogP contribution is -2.15. The van der Waals surface area contributed by atoms with Crippen LogP contribution in [0.3, 0.4) is 0 Å². The predicted octanol–water partition coefficient (Wildman–Crippen LogP) is 0.630. The molecule has 6 nitrogen and oxygen atoms in total. The Labute approximate surface area is 89.5 Å². The van der Waals surface area contributed by atoms with E-state index in [0.717, 1.165) is 0 Å². The van der Waals surface area contributed by atoms with Crippen LogP contribution in [-0.4, -0.2) is 28.2 Å². The number of carboxylic acids is 1. The second kappa shape index (κ2) is 3.65. The van der Waals surface area contributed by atoms with Crippen LogP contribution in [0.25, 0.3) is 10.9 Å². The maximum atomic E-state index is 11.6. The van der Waals surface area contributed by atoms with Gasteiger partial charge in [-0.2, -0.15) is 0 Å². The first kappa shape index (κ1) is 10.2. The Morgan fingerprint density at radius 1 is 1.56 bits per heavy atom. The molecule has 2 heterocycles. The lowest BCUT2D eigenvalue weighted by Gasteiger charge is -2.06. The molecular weight excluding hydrogens is 212 g/mol. The molecule has 16 heavy (non-hydrogen) atoms. The first-order chi connectivity index (χ1) is 7.65. The average molecular weight is 220 g/mol. The minimum absolute atomic E-state index is 0.0581. The minimum atomic E-state index is -1.26. The summed E-state index contributed by atoms with van der Waals surface area (Å²) in [6, 6.07) is 3.15. The van der Waals surface area contributed by atoms with Gasteiger partial charge in [-0.15, -0.1) is 0 Å². The number of ether oxygens (including phenoxy) is 1. The highest BCUT2D eigenvalue weighted by atomic mass is 16.5. The van der Waals surface area contributed by atoms with Crippen molar-refractivity contribution in [3.05, 3.63) is 34.4 Å². The van der Waals surface area contributed by atoms with Gasteiger partial charge in [-0.05, 0) is 12.1 Å². The molecule has 0 unspecified atom stereocenters. The summed E-state index contributed by atoms with van der Waals surface area (Å²) < 4.78 is 4.96. The molecule has 6 heteroatoms. The molecule has 2 N–H and O–H groups in total. The summed E-state index contributed by atoms with van der Waals surface area (Å²) in [5.41, 5.74) is -0.550. The number of aromatic carboxylic acids is 1. The average Bonchev–Trinajstić information content (AvgIpc) is 2.29. The molecular formula is C10H8N2O4. The molecule has 0 radical (unpaired) electrons. The van der Waals surface area contributed by atoms with Gasteiger partial charge in [-0.3, -0.25) is 9.78 Å². The SMILES string of the molecule is COc1c(C(=O)O)[nH]c(=O)c2cccnc12. The first-order valence-corrected chi connectivity index (χ1v) is 4.43. The highest BCUT2D eigenvalue weighted by Crippen LogP contribution is 2.23. The van der Waals surface area contributed by atoms with Gasteiger partial charge in [0.1, 0.15) is 5.52 Å². The molecule has 0 spiro atoms. The van der Waals surface area contributed by atoms with E-state index in [1.807, 2.05) is 0 Å². The number of aromatic amines is 1. The van der Waals surface area contributed by atoms with Crippen LogP contribution in [0, 0.1) is 0 Å². The fourth-order valence-electron chi connectivity index (χ4n) is 1.47. The van der Waals surface area contributed by atoms with Crippen molar-refractivity contribution in [1.82, 2.24) is 9.97 Å². The standard InChI is InChI=1S/C10H8N2O4/c1-16-8-6-5(3-2-4-11-6)9(13)12-7(8)10(14)15/h2-4H,1H3,(H,12,13)(H,14,15). The molecule has 0 aromatic carbocycles. The second-order valence-electron chi connectivity index (χ2n) is 3.07. The minimum Gasteiger partial charge on any atom is -0.492 e. The van der Waals surface area contributed by atoms with Crippen molar-refractivity contribution in [3.8, 4) is 5.75 Å². The van der Waals surface area contributed by atoms with Gasteiger partial charge in [0.05, 0.1) is 12.5 Å². The van der Waals surface area contributed by atoms with Gasteiger partial charge in [-0.25, -0.2) is 4.79 Å². The Kier molecular flexibility index (Phi) is 2.32. The number of carbonyl (C=O) groups is 1. The summed E-state index contributed by atoms with van der Waals surface area (Å²) in [7, 11) is 1.33. The molecule has 0 saturated heterocycles. The van der Waals surface area contributed by atoms with Crippen LogP contribution in [0.1, 0.15) is 10.5 Å². The Bertz CT molecular complexity index is 618. The maximum Gasteiger partial charge on any atom is 0.356 e. The molecule has 2 rings (SSSR count). The zero-order chi connectivity index (χ0) is 11.7. The van der Waals surface area contributed by atoms with Crippen LogP contribution in [-0.2, 0) is 0 Å². The van der Waals surface area contributed by atoms with Crippen LogP contribution in [0.2, 0.25) is 0 Å². The van der Waals surface area contributed by atoms with E-state index in [4.69, 9.17) is 9.84 Å². The Balaban J connectivity index is 2.96. The predicted molar refractivity (Wildman–Crippen MR) is 55.9 cm³/mol. The number of rotatable bonds is 2. The van der Waals surface area contributed by atoms with Crippen LogP contribution in [0.4, 0.5) is 0 Å². The molecule has 0 atom stereocenters. The number of pyridine rings is 2. The summed E-state index contributed by atoms with van der Waals surface area (Å²) in [4.78, 5) is 28.7. The number of nitrogens with zero attached hydrogens (tertiary/aromatic N) is 1. The largest absolute Gasteiger partial charge is 0.492 e. The Morgan fingerprint density at radius 2 is 2.31 bits per heavy atom. The molecule has 0 saturated carbocycles. The quantitative estimate of drug-likeness (QED) is 0.774. The van der Waals surface area contributed by atoms with E-state index in [2.05, 4.69) is 9.97 Å². The molecule has 0 aliphatic heterocycles. The normalized spacial score (nSPS) is 10.3. The van der Waals surface area contributed by atoms with E-state index in [9.17, 15) is 9.59 Å². The third kappa shape index (κ3) is 1.40. The fourth-order valence-corrected chi connectivity index (χ4v) is 1.47. The monoisotopic (exact) mass is 220 g/mol. The summed E-state index contributed by atoms with van der Waals surface area (Å²) in [5, 5.41) is 9.20. The zero-order valence-electron chi connectivity index (χ0n) is 8.35. The molecule has 2 aromatic rings. The summed E-state index contributed by atoms with van der Waals surface area (Å²) >= 11 is 0. The first-order valence-electron chi connectivity index (χ1n) is 4.43. The molecule has 0 bridgehead atoms. The third-order valence-electron chi connectivity index (χ3n) is 2.15. The number of H-pyrrole nitrogens is 1. The van der Waals surface area contributed by atoms with Gasteiger partial charge >= 0.3 is 5.97 Å². The number of carboxylic acid groups (broad SMARTS) is 1. The van der Waals surface area contributed by atoms with Crippen molar-refractivity contribution in [3.63, 3.8) is 0 Å². The number of hydrogen-bond donors (Lipinski definition) is 2. The number of methoxy groups -OCH3 is 1. The molecule has 82 valence electrons. The topological polar surface area (TPSA) is 92.3 Å². The summed E-state index contributed by atoms with van der Waals surface area (Å²) in [6.07, 6.45) is 1.47. The maximum absolute atomic E-state index is 11.6. The number of nitrogens with one attached hydrogen (secondary N) is 1. The van der Waals surface area contributed by atoms with Gasteiger partial charge in [-0.1, -0.05) is 0 Å². The van der Waals surface area contributed by atoms with Crippen molar-refractivity contribution in [2.24, 2.45) is 0 Å². The van der Waals surface area contributed by atoms with Crippen LogP contribution >= 0.6 is 0 Å². The van der Waals surface area contributed by atoms with E-state index >= 15 is 0 Å². The van der Waals surface area contributed by atoms with E-state index in [1.54, 1.807) is 12.1 Å². The van der Waals surface area contributed by atoms with Crippen LogP contribution < -0.4 is 10.3 Å². The lowest BCUT2D eigenvalue weighted by molar-refractivity contribution is 0.0686. The van der Waals surface area contributed by atoms with Crippen molar-refractivity contribution >= 4 is 16.9 Å². The highest BCUT2D eigenvalue weighted by Gasteiger charge is 2.17. The number of hydrogen-bond acceptors (Lipinski definition) is 4. The van der Waals surface area contributed by atoms with Gasteiger partial charge in [0.15, 0.2) is 11.4 Å². The second-order valence-corrected chi connectivity index (χ2v) is 3.07. The van der Waals surface area contributed by atoms with Gasteiger partial charge in [0.25, 0.3) is 5.56 Å². The lowest BCUT2D eigenvalue weighted by atomic mass is 10.2.